The molecule has 100 valence electrons. The van der Waals surface area contributed by atoms with Crippen LogP contribution in [0.1, 0.15) is 25.0 Å². The first-order valence-corrected chi connectivity index (χ1v) is 7.96. The van der Waals surface area contributed by atoms with Crippen molar-refractivity contribution >= 4 is 13.7 Å². The van der Waals surface area contributed by atoms with Crippen LogP contribution in [0.3, 0.4) is 0 Å². The van der Waals surface area contributed by atoms with Crippen molar-refractivity contribution in [3.8, 4) is 0 Å². The van der Waals surface area contributed by atoms with Crippen molar-refractivity contribution in [3.05, 3.63) is 42.0 Å². The number of hydrogen-bond donors (Lipinski definition) is 0. The van der Waals surface area contributed by atoms with Gasteiger partial charge in [-0.05, 0) is 24.5 Å². The smallest absolute Gasteiger partial charge is 0.309 e. The van der Waals surface area contributed by atoms with Gasteiger partial charge in [0.1, 0.15) is 0 Å². The third kappa shape index (κ3) is 4.77. The number of benzene rings is 1. The summed E-state index contributed by atoms with van der Waals surface area (Å²) in [4.78, 5) is 0. The molecule has 4 heteroatoms. The van der Waals surface area contributed by atoms with Gasteiger partial charge < -0.3 is 9.05 Å². The van der Waals surface area contributed by atoms with Crippen molar-refractivity contribution in [1.29, 1.82) is 0 Å². The fourth-order valence-corrected chi connectivity index (χ4v) is 2.74. The Balaban J connectivity index is 2.45. The predicted molar refractivity (Wildman–Crippen MR) is 76.0 cm³/mol. The Morgan fingerprint density at radius 3 is 2.39 bits per heavy atom. The highest BCUT2D eigenvalue weighted by molar-refractivity contribution is 7.53. The quantitative estimate of drug-likeness (QED) is 0.665. The van der Waals surface area contributed by atoms with Crippen LogP contribution in [0.25, 0.3) is 6.08 Å². The van der Waals surface area contributed by atoms with E-state index < -0.39 is 7.60 Å². The van der Waals surface area contributed by atoms with Crippen LogP contribution in [-0.4, -0.2) is 19.4 Å². The van der Waals surface area contributed by atoms with Gasteiger partial charge in [0.15, 0.2) is 0 Å². The second-order valence-corrected chi connectivity index (χ2v) is 6.24. The summed E-state index contributed by atoms with van der Waals surface area (Å²) in [7, 11) is -2.87. The highest BCUT2D eigenvalue weighted by Crippen LogP contribution is 2.47. The minimum absolute atomic E-state index is 0.413. The van der Waals surface area contributed by atoms with E-state index in [1.165, 1.54) is 0 Å². The van der Waals surface area contributed by atoms with Crippen LogP contribution in [0.5, 0.6) is 0 Å². The first kappa shape index (κ1) is 15.2. The van der Waals surface area contributed by atoms with Crippen LogP contribution in [0, 0.1) is 0 Å². The fourth-order valence-electron chi connectivity index (χ4n) is 1.54. The minimum Gasteiger partial charge on any atom is -0.309 e. The van der Waals surface area contributed by atoms with Crippen molar-refractivity contribution in [1.82, 2.24) is 0 Å². The Kier molecular flexibility index (Phi) is 6.34. The molecule has 1 rings (SSSR count). The Hall–Kier alpha value is -0.890. The number of hydrogen-bond acceptors (Lipinski definition) is 3. The third-order valence-electron chi connectivity index (χ3n) is 2.61. The lowest BCUT2D eigenvalue weighted by atomic mass is 10.1. The SMILES string of the molecule is C=Cc1ccc(CCOP(=O)(CC)OCC)cc1. The monoisotopic (exact) mass is 268 g/mol. The lowest BCUT2D eigenvalue weighted by molar-refractivity contribution is 0.214. The molecule has 18 heavy (non-hydrogen) atoms. The van der Waals surface area contributed by atoms with Crippen LogP contribution >= 0.6 is 7.60 Å². The van der Waals surface area contributed by atoms with E-state index in [2.05, 4.69) is 6.58 Å². The summed E-state index contributed by atoms with van der Waals surface area (Å²) in [5.74, 6) is 0. The van der Waals surface area contributed by atoms with Crippen molar-refractivity contribution in [3.63, 3.8) is 0 Å². The molecule has 0 bridgehead atoms. The second kappa shape index (κ2) is 7.52. The van der Waals surface area contributed by atoms with Gasteiger partial charge in [-0.3, -0.25) is 4.57 Å². The number of rotatable bonds is 8. The predicted octanol–water partition coefficient (Wildman–Crippen LogP) is 4.14. The van der Waals surface area contributed by atoms with Crippen molar-refractivity contribution in [2.45, 2.75) is 20.3 Å². The Bertz CT molecular complexity index is 412. The largest absolute Gasteiger partial charge is 0.330 e. The van der Waals surface area contributed by atoms with E-state index in [0.29, 0.717) is 19.4 Å². The van der Waals surface area contributed by atoms with Gasteiger partial charge in [-0.2, -0.15) is 0 Å². The zero-order valence-electron chi connectivity index (χ0n) is 11.1. The van der Waals surface area contributed by atoms with E-state index >= 15 is 0 Å². The maximum atomic E-state index is 12.0. The van der Waals surface area contributed by atoms with Crippen LogP contribution < -0.4 is 0 Å². The summed E-state index contributed by atoms with van der Waals surface area (Å²) < 4.78 is 22.6. The van der Waals surface area contributed by atoms with Crippen LogP contribution in [0.4, 0.5) is 0 Å². The van der Waals surface area contributed by atoms with Crippen molar-refractivity contribution in [2.24, 2.45) is 0 Å². The van der Waals surface area contributed by atoms with Gasteiger partial charge in [-0.25, -0.2) is 0 Å². The standard InChI is InChI=1S/C14H21O3P/c1-4-13-7-9-14(10-8-13)11-12-17-18(15,6-3)16-5-2/h4,7-10H,1,5-6,11-12H2,2-3H3. The lowest BCUT2D eigenvalue weighted by Gasteiger charge is -2.15. The third-order valence-corrected chi connectivity index (χ3v) is 4.61. The molecule has 0 heterocycles. The maximum Gasteiger partial charge on any atom is 0.330 e. The molecule has 0 saturated heterocycles. The normalized spacial score (nSPS) is 14.1. The van der Waals surface area contributed by atoms with Crippen LogP contribution in [0.2, 0.25) is 0 Å². The highest BCUT2D eigenvalue weighted by Gasteiger charge is 2.20. The van der Waals surface area contributed by atoms with Gasteiger partial charge in [0.05, 0.1) is 13.2 Å². The van der Waals surface area contributed by atoms with Crippen LogP contribution in [-0.2, 0) is 20.0 Å². The average Bonchev–Trinajstić information content (AvgIpc) is 2.40. The lowest BCUT2D eigenvalue weighted by Crippen LogP contribution is -2.02. The van der Waals surface area contributed by atoms with Gasteiger partial charge in [0.25, 0.3) is 0 Å². The zero-order valence-corrected chi connectivity index (χ0v) is 12.0. The average molecular weight is 268 g/mol. The molecule has 1 aromatic carbocycles. The molecule has 0 N–H and O–H groups in total. The molecule has 3 nitrogen and oxygen atoms in total. The maximum absolute atomic E-state index is 12.0. The van der Waals surface area contributed by atoms with E-state index in [-0.39, 0.29) is 0 Å². The van der Waals surface area contributed by atoms with E-state index in [9.17, 15) is 4.57 Å². The van der Waals surface area contributed by atoms with E-state index in [0.717, 1.165) is 17.5 Å². The molecule has 0 aliphatic heterocycles. The first-order valence-electron chi connectivity index (χ1n) is 6.23. The molecular formula is C14H21O3P. The second-order valence-electron chi connectivity index (χ2n) is 3.87. The molecule has 1 aromatic rings. The summed E-state index contributed by atoms with van der Waals surface area (Å²) in [5.41, 5.74) is 2.24. The van der Waals surface area contributed by atoms with Crippen molar-refractivity contribution < 1.29 is 13.6 Å². The van der Waals surface area contributed by atoms with Gasteiger partial charge in [-0.1, -0.05) is 43.8 Å². The zero-order chi connectivity index (χ0) is 13.4. The molecule has 0 radical (unpaired) electrons. The van der Waals surface area contributed by atoms with Crippen molar-refractivity contribution in [2.75, 3.05) is 19.4 Å². The molecule has 0 aliphatic rings. The van der Waals surface area contributed by atoms with Gasteiger partial charge >= 0.3 is 7.60 Å². The van der Waals surface area contributed by atoms with E-state index in [1.54, 1.807) is 6.08 Å². The summed E-state index contributed by atoms with van der Waals surface area (Å²) in [6.07, 6.45) is 2.95. The minimum atomic E-state index is -2.87. The Morgan fingerprint density at radius 1 is 1.22 bits per heavy atom. The fraction of sp³-hybridized carbons (Fsp3) is 0.429. The summed E-state index contributed by atoms with van der Waals surface area (Å²) in [6, 6.07) is 8.06. The molecule has 0 spiro atoms. The first-order chi connectivity index (χ1) is 8.63. The van der Waals surface area contributed by atoms with E-state index in [1.807, 2.05) is 38.1 Å². The summed E-state index contributed by atoms with van der Waals surface area (Å²) in [6.45, 7) is 8.17. The van der Waals surface area contributed by atoms with Gasteiger partial charge in [0, 0.05) is 6.16 Å². The Labute approximate surface area is 109 Å². The molecule has 0 aliphatic carbocycles. The molecule has 0 amide bonds. The van der Waals surface area contributed by atoms with Gasteiger partial charge in [0.2, 0.25) is 0 Å². The van der Waals surface area contributed by atoms with Crippen LogP contribution in [0.15, 0.2) is 30.8 Å². The molecule has 0 fully saturated rings. The summed E-state index contributed by atoms with van der Waals surface area (Å²) >= 11 is 0. The topological polar surface area (TPSA) is 35.5 Å². The van der Waals surface area contributed by atoms with E-state index in [4.69, 9.17) is 9.05 Å². The van der Waals surface area contributed by atoms with Gasteiger partial charge in [-0.15, -0.1) is 0 Å². The summed E-state index contributed by atoms with van der Waals surface area (Å²) in [5, 5.41) is 0. The molecule has 1 unspecified atom stereocenters. The highest BCUT2D eigenvalue weighted by atomic mass is 31.2. The Morgan fingerprint density at radius 2 is 1.89 bits per heavy atom. The molecular weight excluding hydrogens is 247 g/mol. The molecule has 0 saturated carbocycles. The molecule has 1 atom stereocenters. The molecule has 0 aromatic heterocycles.